The number of fused-ring (bicyclic) bond motifs is 1. The van der Waals surface area contributed by atoms with Gasteiger partial charge in [-0.2, -0.15) is 0 Å². The number of aryl methyl sites for hydroxylation is 2. The molecule has 4 rings (SSSR count). The van der Waals surface area contributed by atoms with Gasteiger partial charge in [0.25, 0.3) is 5.56 Å². The molecule has 3 aromatic heterocycles. The first-order chi connectivity index (χ1) is 17.7. The maximum Gasteiger partial charge on any atom is 0.260 e. The van der Waals surface area contributed by atoms with Crippen LogP contribution < -0.4 is 10.9 Å². The van der Waals surface area contributed by atoms with Crippen molar-refractivity contribution in [2.45, 2.75) is 24.7 Å². The number of rotatable bonds is 10. The SMILES string of the molecule is COCCCN(C)S(=O)(=O)c1ccc(Cc2nc(Nc3cc(C)ccn3)cc3ccn(C)c(=O)c23)cc1. The van der Waals surface area contributed by atoms with E-state index in [0.717, 1.165) is 16.5 Å². The Morgan fingerprint density at radius 3 is 2.54 bits per heavy atom. The first-order valence-electron chi connectivity index (χ1n) is 11.9. The number of pyridine rings is 3. The number of anilines is 2. The number of methoxy groups -OCH3 is 1. The monoisotopic (exact) mass is 521 g/mol. The fourth-order valence-corrected chi connectivity index (χ4v) is 5.28. The summed E-state index contributed by atoms with van der Waals surface area (Å²) in [5.41, 5.74) is 2.36. The molecule has 1 aromatic carbocycles. The van der Waals surface area contributed by atoms with Crippen LogP contribution in [0.3, 0.4) is 0 Å². The molecule has 4 aromatic rings. The number of benzene rings is 1. The molecule has 0 spiro atoms. The average Bonchev–Trinajstić information content (AvgIpc) is 2.86. The van der Waals surface area contributed by atoms with E-state index in [0.29, 0.717) is 48.7 Å². The van der Waals surface area contributed by atoms with Crippen LogP contribution in [-0.2, 0) is 28.2 Å². The molecule has 0 aliphatic rings. The van der Waals surface area contributed by atoms with E-state index in [1.807, 2.05) is 31.2 Å². The molecule has 0 fully saturated rings. The molecule has 1 N–H and O–H groups in total. The fraction of sp³-hybridized carbons (Fsp3) is 0.296. The van der Waals surface area contributed by atoms with Gasteiger partial charge in [0.2, 0.25) is 10.0 Å². The standard InChI is InChI=1S/C27H31N5O4S/c1-19-10-12-28-24(16-19)30-25-18-21-11-14-31(2)27(33)26(21)23(29-25)17-20-6-8-22(9-7-20)37(34,35)32(3)13-5-15-36-4/h6-12,14,16,18H,5,13,15,17H2,1-4H3,(H,28,29,30). The third kappa shape index (κ3) is 6.04. The van der Waals surface area contributed by atoms with E-state index in [1.165, 1.54) is 8.87 Å². The highest BCUT2D eigenvalue weighted by molar-refractivity contribution is 7.89. The van der Waals surface area contributed by atoms with Crippen LogP contribution in [0.1, 0.15) is 23.2 Å². The van der Waals surface area contributed by atoms with Gasteiger partial charge in [0.15, 0.2) is 0 Å². The normalized spacial score (nSPS) is 11.8. The first kappa shape index (κ1) is 26.5. The van der Waals surface area contributed by atoms with Gasteiger partial charge < -0.3 is 14.6 Å². The van der Waals surface area contributed by atoms with Crippen molar-refractivity contribution in [2.24, 2.45) is 7.05 Å². The molecular weight excluding hydrogens is 490 g/mol. The maximum absolute atomic E-state index is 13.0. The van der Waals surface area contributed by atoms with Crippen LogP contribution in [0.25, 0.3) is 10.8 Å². The Balaban J connectivity index is 1.66. The fourth-order valence-electron chi connectivity index (χ4n) is 4.07. The van der Waals surface area contributed by atoms with E-state index in [4.69, 9.17) is 9.72 Å². The highest BCUT2D eigenvalue weighted by atomic mass is 32.2. The second-order valence-electron chi connectivity index (χ2n) is 8.99. The van der Waals surface area contributed by atoms with E-state index >= 15 is 0 Å². The number of aromatic nitrogens is 3. The quantitative estimate of drug-likeness (QED) is 0.318. The molecule has 0 saturated carbocycles. The van der Waals surface area contributed by atoms with Gasteiger partial charge in [-0.25, -0.2) is 22.7 Å². The Bertz CT molecular complexity index is 1570. The molecule has 37 heavy (non-hydrogen) atoms. The number of ether oxygens (including phenoxy) is 1. The summed E-state index contributed by atoms with van der Waals surface area (Å²) in [5.74, 6) is 1.23. The van der Waals surface area contributed by atoms with Gasteiger partial charge in [0.05, 0.1) is 16.0 Å². The highest BCUT2D eigenvalue weighted by Crippen LogP contribution is 2.24. The third-order valence-corrected chi connectivity index (χ3v) is 8.00. The van der Waals surface area contributed by atoms with Crippen molar-refractivity contribution in [2.75, 3.05) is 32.6 Å². The lowest BCUT2D eigenvalue weighted by Crippen LogP contribution is -2.28. The maximum atomic E-state index is 13.0. The van der Waals surface area contributed by atoms with Crippen molar-refractivity contribution in [3.63, 3.8) is 0 Å². The highest BCUT2D eigenvalue weighted by Gasteiger charge is 2.20. The van der Waals surface area contributed by atoms with Gasteiger partial charge in [0.1, 0.15) is 11.6 Å². The summed E-state index contributed by atoms with van der Waals surface area (Å²) < 4.78 is 33.7. The van der Waals surface area contributed by atoms with Gasteiger partial charge in [0, 0.05) is 53.2 Å². The summed E-state index contributed by atoms with van der Waals surface area (Å²) >= 11 is 0. The van der Waals surface area contributed by atoms with E-state index in [9.17, 15) is 13.2 Å². The summed E-state index contributed by atoms with van der Waals surface area (Å²) in [6.07, 6.45) is 4.42. The molecule has 0 bridgehead atoms. The molecule has 10 heteroatoms. The van der Waals surface area contributed by atoms with Gasteiger partial charge in [-0.05, 0) is 66.3 Å². The number of hydrogen-bond donors (Lipinski definition) is 1. The van der Waals surface area contributed by atoms with Crippen LogP contribution in [-0.4, -0.2) is 54.6 Å². The van der Waals surface area contributed by atoms with E-state index in [2.05, 4.69) is 10.3 Å². The summed E-state index contributed by atoms with van der Waals surface area (Å²) in [4.78, 5) is 22.3. The predicted molar refractivity (Wildman–Crippen MR) is 145 cm³/mol. The predicted octanol–water partition coefficient (Wildman–Crippen LogP) is 3.63. The molecule has 9 nitrogen and oxygen atoms in total. The number of sulfonamides is 1. The minimum Gasteiger partial charge on any atom is -0.385 e. The van der Waals surface area contributed by atoms with Crippen LogP contribution in [0.2, 0.25) is 0 Å². The van der Waals surface area contributed by atoms with E-state index in [1.54, 1.807) is 57.9 Å². The lowest BCUT2D eigenvalue weighted by Gasteiger charge is -2.17. The van der Waals surface area contributed by atoms with Crippen LogP contribution in [0, 0.1) is 6.92 Å². The zero-order valence-electron chi connectivity index (χ0n) is 21.4. The van der Waals surface area contributed by atoms with Crippen molar-refractivity contribution in [3.05, 3.63) is 88.1 Å². The van der Waals surface area contributed by atoms with Crippen LogP contribution >= 0.6 is 0 Å². The molecule has 3 heterocycles. The second kappa shape index (κ2) is 11.2. The average molecular weight is 522 g/mol. The minimum atomic E-state index is -3.61. The topological polar surface area (TPSA) is 106 Å². The molecular formula is C27H31N5O4S. The molecule has 0 amide bonds. The Morgan fingerprint density at radius 1 is 1.08 bits per heavy atom. The van der Waals surface area contributed by atoms with Crippen molar-refractivity contribution < 1.29 is 13.2 Å². The van der Waals surface area contributed by atoms with Gasteiger partial charge in [-0.15, -0.1) is 0 Å². The second-order valence-corrected chi connectivity index (χ2v) is 11.0. The smallest absolute Gasteiger partial charge is 0.260 e. The van der Waals surface area contributed by atoms with Gasteiger partial charge >= 0.3 is 0 Å². The lowest BCUT2D eigenvalue weighted by molar-refractivity contribution is 0.189. The Morgan fingerprint density at radius 2 is 1.84 bits per heavy atom. The van der Waals surface area contributed by atoms with Crippen LogP contribution in [0.15, 0.2) is 70.6 Å². The van der Waals surface area contributed by atoms with Crippen molar-refractivity contribution in [1.82, 2.24) is 18.8 Å². The van der Waals surface area contributed by atoms with Gasteiger partial charge in [-0.3, -0.25) is 4.79 Å². The number of nitrogens with zero attached hydrogens (tertiary/aromatic N) is 4. The van der Waals surface area contributed by atoms with Gasteiger partial charge in [-0.1, -0.05) is 12.1 Å². The summed E-state index contributed by atoms with van der Waals surface area (Å²) in [5, 5.41) is 4.53. The van der Waals surface area contributed by atoms with E-state index in [-0.39, 0.29) is 10.5 Å². The Labute approximate surface area is 216 Å². The molecule has 0 saturated heterocycles. The molecule has 0 unspecified atom stereocenters. The number of hydrogen-bond acceptors (Lipinski definition) is 7. The number of nitrogens with one attached hydrogen (secondary N) is 1. The molecule has 0 aliphatic heterocycles. The zero-order valence-corrected chi connectivity index (χ0v) is 22.2. The third-order valence-electron chi connectivity index (χ3n) is 6.13. The molecule has 0 atom stereocenters. The largest absolute Gasteiger partial charge is 0.385 e. The van der Waals surface area contributed by atoms with Crippen molar-refractivity contribution in [1.29, 1.82) is 0 Å². The molecule has 0 radical (unpaired) electrons. The molecule has 0 aliphatic carbocycles. The van der Waals surface area contributed by atoms with Crippen molar-refractivity contribution in [3.8, 4) is 0 Å². The molecule has 194 valence electrons. The minimum absolute atomic E-state index is 0.142. The summed E-state index contributed by atoms with van der Waals surface area (Å²) in [6.45, 7) is 2.84. The summed E-state index contributed by atoms with van der Waals surface area (Å²) in [6, 6.07) is 14.3. The van der Waals surface area contributed by atoms with Crippen molar-refractivity contribution >= 4 is 32.4 Å². The summed E-state index contributed by atoms with van der Waals surface area (Å²) in [7, 11) is 1.25. The van der Waals surface area contributed by atoms with E-state index < -0.39 is 10.0 Å². The van der Waals surface area contributed by atoms with Crippen LogP contribution in [0.4, 0.5) is 11.6 Å². The lowest BCUT2D eigenvalue weighted by atomic mass is 10.0. The first-order valence-corrected chi connectivity index (χ1v) is 13.4. The Hall–Kier alpha value is -3.60. The zero-order chi connectivity index (χ0) is 26.6. The Kier molecular flexibility index (Phi) is 8.01. The van der Waals surface area contributed by atoms with Crippen LogP contribution in [0.5, 0.6) is 0 Å².